The Morgan fingerprint density at radius 3 is 2.06 bits per heavy atom. The number of carbonyl (C=O) groups is 4. The molecule has 1 aliphatic carbocycles. The number of benzene rings is 4. The van der Waals surface area contributed by atoms with Crippen LogP contribution in [0, 0.1) is 5.92 Å². The average molecular weight is 835 g/mol. The summed E-state index contributed by atoms with van der Waals surface area (Å²) in [6, 6.07) is 26.4. The van der Waals surface area contributed by atoms with Crippen molar-refractivity contribution in [1.29, 1.82) is 0 Å². The number of nitrogens with zero attached hydrogens (tertiary/aromatic N) is 4. The lowest BCUT2D eigenvalue weighted by molar-refractivity contribution is -0.135. The monoisotopic (exact) mass is 834 g/mol. The lowest BCUT2D eigenvalue weighted by Gasteiger charge is -2.29. The number of rotatable bonds is 10. The fraction of sp³-hybridized carbons (Fsp3) is 0.333. The Morgan fingerprint density at radius 1 is 0.758 bits per heavy atom. The molecule has 14 nitrogen and oxygen atoms in total. The Bertz CT molecular complexity index is 2670. The Labute approximate surface area is 359 Å². The first-order valence-corrected chi connectivity index (χ1v) is 21.4. The van der Waals surface area contributed by atoms with Crippen molar-refractivity contribution in [1.82, 2.24) is 40.4 Å². The number of aryl methyl sites for hydroxylation is 2. The van der Waals surface area contributed by atoms with Gasteiger partial charge in [-0.25, -0.2) is 19.6 Å². The molecule has 0 saturated carbocycles. The fourth-order valence-electron chi connectivity index (χ4n) is 9.49. The molecule has 0 unspecified atom stereocenters. The summed E-state index contributed by atoms with van der Waals surface area (Å²) in [7, 11) is 1.29. The van der Waals surface area contributed by atoms with Crippen LogP contribution >= 0.6 is 0 Å². The number of aromatic nitrogens is 4. The summed E-state index contributed by atoms with van der Waals surface area (Å²) in [5, 5.41) is 14.5. The van der Waals surface area contributed by atoms with Crippen molar-refractivity contribution < 1.29 is 29.0 Å². The van der Waals surface area contributed by atoms with Gasteiger partial charge in [0, 0.05) is 13.1 Å². The Balaban J connectivity index is 0.913. The van der Waals surface area contributed by atoms with Crippen LogP contribution in [0.3, 0.4) is 0 Å². The molecule has 6 aromatic rings. The highest BCUT2D eigenvalue weighted by molar-refractivity contribution is 5.89. The molecule has 4 heterocycles. The van der Waals surface area contributed by atoms with Gasteiger partial charge in [-0.2, -0.15) is 0 Å². The molecule has 318 valence electrons. The zero-order valence-corrected chi connectivity index (χ0v) is 35.0. The molecule has 9 rings (SSSR count). The third kappa shape index (κ3) is 7.76. The van der Waals surface area contributed by atoms with Gasteiger partial charge in [-0.1, -0.05) is 80.6 Å². The summed E-state index contributed by atoms with van der Waals surface area (Å²) >= 11 is 0. The normalized spacial score (nSPS) is 18.0. The van der Waals surface area contributed by atoms with E-state index in [4.69, 9.17) is 14.7 Å². The molecular formula is C48H50N8O6. The first-order valence-electron chi connectivity index (χ1n) is 21.4. The number of carbonyl (C=O) groups excluding carboxylic acids is 3. The maximum Gasteiger partial charge on any atom is 0.407 e. The maximum atomic E-state index is 14.0. The number of carboxylic acid groups (broad SMARTS) is 1. The number of fused-ring (bicyclic) bond motifs is 4. The van der Waals surface area contributed by atoms with E-state index in [0.717, 1.165) is 77.8 Å². The second-order valence-corrected chi connectivity index (χ2v) is 16.8. The van der Waals surface area contributed by atoms with E-state index in [-0.39, 0.29) is 29.8 Å². The molecule has 2 fully saturated rings. The van der Waals surface area contributed by atoms with Gasteiger partial charge < -0.3 is 40.2 Å². The van der Waals surface area contributed by atoms with Crippen LogP contribution in [-0.4, -0.2) is 85.1 Å². The van der Waals surface area contributed by atoms with Crippen LogP contribution in [0.4, 0.5) is 9.59 Å². The minimum atomic E-state index is -1.21. The van der Waals surface area contributed by atoms with E-state index in [2.05, 4.69) is 69.1 Å². The molecule has 62 heavy (non-hydrogen) atoms. The van der Waals surface area contributed by atoms with Crippen molar-refractivity contribution in [3.05, 3.63) is 119 Å². The van der Waals surface area contributed by atoms with Crippen molar-refractivity contribution in [2.75, 3.05) is 20.2 Å². The Morgan fingerprint density at radius 2 is 1.39 bits per heavy atom. The number of alkyl carbamates (subject to hydrolysis) is 1. The van der Waals surface area contributed by atoms with Crippen LogP contribution in [-0.2, 0) is 27.2 Å². The maximum absolute atomic E-state index is 14.0. The summed E-state index contributed by atoms with van der Waals surface area (Å²) in [6.07, 6.45) is 4.89. The van der Waals surface area contributed by atoms with E-state index in [1.54, 1.807) is 4.90 Å². The number of amides is 4. The van der Waals surface area contributed by atoms with Crippen molar-refractivity contribution in [2.24, 2.45) is 5.92 Å². The molecule has 5 N–H and O–H groups in total. The van der Waals surface area contributed by atoms with Gasteiger partial charge >= 0.3 is 12.2 Å². The number of likely N-dealkylation sites (tertiary alicyclic amines) is 2. The minimum absolute atomic E-state index is 0.186. The lowest BCUT2D eigenvalue weighted by atomic mass is 9.83. The summed E-state index contributed by atoms with van der Waals surface area (Å²) in [6.45, 7) is 4.80. The van der Waals surface area contributed by atoms with Crippen molar-refractivity contribution in [3.8, 4) is 33.5 Å². The predicted octanol–water partition coefficient (Wildman–Crippen LogP) is 8.10. The van der Waals surface area contributed by atoms with Crippen LogP contribution in [0.5, 0.6) is 0 Å². The summed E-state index contributed by atoms with van der Waals surface area (Å²) in [5.74, 6) is 0.821. The van der Waals surface area contributed by atoms with Crippen LogP contribution < -0.4 is 10.6 Å². The molecule has 2 aromatic heterocycles. The van der Waals surface area contributed by atoms with E-state index in [9.17, 15) is 24.3 Å². The minimum Gasteiger partial charge on any atom is -0.465 e. The van der Waals surface area contributed by atoms with E-state index >= 15 is 0 Å². The third-order valence-electron chi connectivity index (χ3n) is 12.6. The molecule has 2 saturated heterocycles. The van der Waals surface area contributed by atoms with Gasteiger partial charge in [0.15, 0.2) is 0 Å². The number of H-pyrrole nitrogens is 2. The molecule has 3 aliphatic rings. The summed E-state index contributed by atoms with van der Waals surface area (Å²) in [5.41, 5.74) is 11.5. The molecule has 4 amide bonds. The van der Waals surface area contributed by atoms with Crippen molar-refractivity contribution in [2.45, 2.75) is 76.5 Å². The second kappa shape index (κ2) is 16.8. The fourth-order valence-corrected chi connectivity index (χ4v) is 9.49. The molecule has 14 heteroatoms. The van der Waals surface area contributed by atoms with Gasteiger partial charge in [0.2, 0.25) is 5.91 Å². The zero-order valence-electron chi connectivity index (χ0n) is 35.0. The van der Waals surface area contributed by atoms with E-state index in [0.29, 0.717) is 24.5 Å². The van der Waals surface area contributed by atoms with Crippen molar-refractivity contribution in [3.63, 3.8) is 0 Å². The molecule has 4 aromatic carbocycles. The van der Waals surface area contributed by atoms with Crippen LogP contribution in [0.25, 0.3) is 44.5 Å². The molecule has 0 spiro atoms. The summed E-state index contributed by atoms with van der Waals surface area (Å²) < 4.78 is 4.85. The Kier molecular flexibility index (Phi) is 11.0. The van der Waals surface area contributed by atoms with Crippen molar-refractivity contribution >= 4 is 35.0 Å². The zero-order chi connectivity index (χ0) is 43.1. The van der Waals surface area contributed by atoms with Gasteiger partial charge in [0.25, 0.3) is 5.91 Å². The first kappa shape index (κ1) is 40.4. The van der Waals surface area contributed by atoms with E-state index < -0.39 is 24.3 Å². The van der Waals surface area contributed by atoms with Gasteiger partial charge in [0.1, 0.15) is 23.7 Å². The number of nitrogens with one attached hydrogen (secondary N) is 4. The van der Waals surface area contributed by atoms with Gasteiger partial charge in [-0.15, -0.1) is 0 Å². The van der Waals surface area contributed by atoms with Gasteiger partial charge in [-0.3, -0.25) is 9.59 Å². The molecule has 4 atom stereocenters. The highest BCUT2D eigenvalue weighted by Crippen LogP contribution is 2.40. The highest BCUT2D eigenvalue weighted by Gasteiger charge is 2.39. The molecular weight excluding hydrogens is 785 g/mol. The molecule has 0 bridgehead atoms. The lowest BCUT2D eigenvalue weighted by Crippen LogP contribution is -2.50. The van der Waals surface area contributed by atoms with Gasteiger partial charge in [-0.05, 0) is 107 Å². The quantitative estimate of drug-likeness (QED) is 0.0916. The molecule has 0 radical (unpaired) electrons. The molecule has 2 aliphatic heterocycles. The third-order valence-corrected chi connectivity index (χ3v) is 12.6. The number of aromatic amines is 2. The largest absolute Gasteiger partial charge is 0.465 e. The SMILES string of the molecule is COC(=O)N[C@@H](C(=O)N1CCC[C@H]1c1nc2ccc(-c3ccc4c(c3)CCc3cc(-c5cnc([C@@H]6CCCN6C(=O)[C@@H](NC(=O)O)C(C)C)[nH]5)ccc3-4)cc2[nH]1)c1ccccc1. The number of imidazole rings is 2. The number of hydrogen-bond acceptors (Lipinski definition) is 7. The van der Waals surface area contributed by atoms with E-state index in [1.807, 2.05) is 61.3 Å². The smallest absolute Gasteiger partial charge is 0.407 e. The Hall–Kier alpha value is -6.96. The van der Waals surface area contributed by atoms with Crippen LogP contribution in [0.15, 0.2) is 91.1 Å². The summed E-state index contributed by atoms with van der Waals surface area (Å²) in [4.78, 5) is 71.5. The van der Waals surface area contributed by atoms with Gasteiger partial charge in [0.05, 0.1) is 42.1 Å². The van der Waals surface area contributed by atoms with Crippen LogP contribution in [0.1, 0.15) is 86.0 Å². The highest BCUT2D eigenvalue weighted by atomic mass is 16.5. The van der Waals surface area contributed by atoms with Crippen LogP contribution in [0.2, 0.25) is 0 Å². The number of ether oxygens (including phenoxy) is 1. The van der Waals surface area contributed by atoms with E-state index in [1.165, 1.54) is 29.4 Å². The number of hydrogen-bond donors (Lipinski definition) is 5. The average Bonchev–Trinajstić information content (AvgIpc) is 4.13. The topological polar surface area (TPSA) is 186 Å². The first-order chi connectivity index (χ1) is 30.1. The standard InChI is InChI=1S/C48H50N8O6/c1-27(2)41(53-47(59)60)45(57)55-21-7-11-39(55)43-49-26-38(52-43)33-16-19-35-32(24-33)14-13-31-23-29(15-18-34(31)35)30-17-20-36-37(25-30)51-44(50-36)40-12-8-22-56(40)46(58)42(54-48(61)62-3)28-9-5-4-6-10-28/h4-6,9-10,15-20,23-27,39-42,53H,7-8,11-14,21-22H2,1-3H3,(H,49,52)(H,50,51)(H,54,61)(H,59,60)/t39-,40-,41-,42+/m0/s1. The number of methoxy groups -OCH3 is 1. The second-order valence-electron chi connectivity index (χ2n) is 16.8. The predicted molar refractivity (Wildman–Crippen MR) is 234 cm³/mol.